The van der Waals surface area contributed by atoms with Gasteiger partial charge in [0.25, 0.3) is 0 Å². The molecule has 1 atom stereocenters. The van der Waals surface area contributed by atoms with Crippen LogP contribution in [0.5, 0.6) is 0 Å². The predicted molar refractivity (Wildman–Crippen MR) is 70.3 cm³/mol. The number of alkyl halides is 3. The lowest BCUT2D eigenvalue weighted by Crippen LogP contribution is -2.13. The topological polar surface area (TPSA) is 48.7 Å². The van der Waals surface area contributed by atoms with E-state index in [0.717, 1.165) is 17.7 Å². The third kappa shape index (κ3) is 3.08. The van der Waals surface area contributed by atoms with E-state index in [1.807, 2.05) is 22.9 Å². The highest BCUT2D eigenvalue weighted by Crippen LogP contribution is 2.30. The molecule has 0 bridgehead atoms. The van der Waals surface area contributed by atoms with Gasteiger partial charge in [-0.25, -0.2) is 4.98 Å². The minimum absolute atomic E-state index is 0.0546. The van der Waals surface area contributed by atoms with Gasteiger partial charge in [0, 0.05) is 0 Å². The van der Waals surface area contributed by atoms with E-state index in [1.165, 1.54) is 11.3 Å². The summed E-state index contributed by atoms with van der Waals surface area (Å²) in [5.74, 6) is -0.0546. The number of hydrogen-bond donors (Lipinski definition) is 1. The number of thiophene rings is 1. The Bertz CT molecular complexity index is 629. The van der Waals surface area contributed by atoms with E-state index >= 15 is 0 Å². The molecule has 3 nitrogen and oxygen atoms in total. The standard InChI is InChI=1S/C13H10F3N3S/c1-8(10-4-5-20-7-10)18-12-9(6-17)2-3-11(19-12)13(14,15)16/h2-5,7-8H,1H3,(H,18,19). The molecule has 0 radical (unpaired) electrons. The Morgan fingerprint density at radius 1 is 1.35 bits per heavy atom. The maximum Gasteiger partial charge on any atom is 0.433 e. The van der Waals surface area contributed by atoms with E-state index in [2.05, 4.69) is 10.3 Å². The summed E-state index contributed by atoms with van der Waals surface area (Å²) in [4.78, 5) is 3.51. The molecule has 2 rings (SSSR count). The Morgan fingerprint density at radius 2 is 2.10 bits per heavy atom. The lowest BCUT2D eigenvalue weighted by Gasteiger charge is -2.16. The van der Waals surface area contributed by atoms with Gasteiger partial charge in [0.2, 0.25) is 0 Å². The minimum Gasteiger partial charge on any atom is -0.362 e. The molecule has 0 spiro atoms. The van der Waals surface area contributed by atoms with Crippen LogP contribution in [0.2, 0.25) is 0 Å². The zero-order valence-electron chi connectivity index (χ0n) is 10.4. The first-order valence-electron chi connectivity index (χ1n) is 5.69. The third-order valence-electron chi connectivity index (χ3n) is 2.70. The summed E-state index contributed by atoms with van der Waals surface area (Å²) < 4.78 is 37.9. The Balaban J connectivity index is 2.32. The summed E-state index contributed by atoms with van der Waals surface area (Å²) in [6, 6.07) is 5.39. The first-order chi connectivity index (χ1) is 9.41. The molecule has 0 aromatic carbocycles. The fourth-order valence-corrected chi connectivity index (χ4v) is 2.38. The van der Waals surface area contributed by atoms with Gasteiger partial charge < -0.3 is 5.32 Å². The number of hydrogen-bond acceptors (Lipinski definition) is 4. The molecule has 0 saturated heterocycles. The first-order valence-corrected chi connectivity index (χ1v) is 6.63. The van der Waals surface area contributed by atoms with Gasteiger partial charge in [-0.1, -0.05) is 0 Å². The van der Waals surface area contributed by atoms with Crippen LogP contribution in [0.25, 0.3) is 0 Å². The van der Waals surface area contributed by atoms with Crippen molar-refractivity contribution in [2.75, 3.05) is 5.32 Å². The molecule has 0 fully saturated rings. The highest BCUT2D eigenvalue weighted by atomic mass is 32.1. The van der Waals surface area contributed by atoms with Crippen LogP contribution >= 0.6 is 11.3 Å². The number of anilines is 1. The lowest BCUT2D eigenvalue weighted by atomic mass is 10.1. The van der Waals surface area contributed by atoms with E-state index in [4.69, 9.17) is 5.26 Å². The number of nitrogens with one attached hydrogen (secondary N) is 1. The number of pyridine rings is 1. The summed E-state index contributed by atoms with van der Waals surface area (Å²) in [6.45, 7) is 1.80. The smallest absolute Gasteiger partial charge is 0.362 e. The predicted octanol–water partition coefficient (Wildman–Crippen LogP) is 4.21. The molecular weight excluding hydrogens is 287 g/mol. The van der Waals surface area contributed by atoms with Gasteiger partial charge in [-0.15, -0.1) is 0 Å². The summed E-state index contributed by atoms with van der Waals surface area (Å²) >= 11 is 1.49. The fourth-order valence-electron chi connectivity index (χ4n) is 1.63. The van der Waals surface area contributed by atoms with Crippen LogP contribution in [0.1, 0.15) is 29.8 Å². The maximum absolute atomic E-state index is 12.6. The van der Waals surface area contributed by atoms with Crippen LogP contribution in [0.4, 0.5) is 19.0 Å². The van der Waals surface area contributed by atoms with Gasteiger partial charge in [0.15, 0.2) is 0 Å². The molecule has 0 saturated carbocycles. The molecule has 104 valence electrons. The van der Waals surface area contributed by atoms with E-state index in [1.54, 1.807) is 6.92 Å². The second-order valence-corrected chi connectivity index (χ2v) is 4.90. The van der Waals surface area contributed by atoms with Crippen molar-refractivity contribution in [2.24, 2.45) is 0 Å². The fraction of sp³-hybridized carbons (Fsp3) is 0.231. The molecule has 2 heterocycles. The van der Waals surface area contributed by atoms with Crippen molar-refractivity contribution in [1.82, 2.24) is 4.98 Å². The first kappa shape index (κ1) is 14.3. The van der Waals surface area contributed by atoms with Crippen molar-refractivity contribution in [1.29, 1.82) is 5.26 Å². The van der Waals surface area contributed by atoms with Gasteiger partial charge in [-0.2, -0.15) is 29.8 Å². The maximum atomic E-state index is 12.6. The molecular formula is C13H10F3N3S. The average Bonchev–Trinajstić information content (AvgIpc) is 2.91. The van der Waals surface area contributed by atoms with E-state index < -0.39 is 11.9 Å². The van der Waals surface area contributed by atoms with Crippen LogP contribution in [0.3, 0.4) is 0 Å². The van der Waals surface area contributed by atoms with Crippen molar-refractivity contribution in [2.45, 2.75) is 19.1 Å². The normalized spacial score (nSPS) is 12.8. The molecule has 2 aromatic heterocycles. The largest absolute Gasteiger partial charge is 0.433 e. The van der Waals surface area contributed by atoms with Gasteiger partial charge >= 0.3 is 6.18 Å². The number of rotatable bonds is 3. The number of halogens is 3. The Morgan fingerprint density at radius 3 is 2.65 bits per heavy atom. The van der Waals surface area contributed by atoms with Crippen molar-refractivity contribution < 1.29 is 13.2 Å². The molecule has 1 unspecified atom stereocenters. The monoisotopic (exact) mass is 297 g/mol. The highest BCUT2D eigenvalue weighted by molar-refractivity contribution is 7.07. The van der Waals surface area contributed by atoms with Crippen molar-refractivity contribution in [3.8, 4) is 6.07 Å². The third-order valence-corrected chi connectivity index (χ3v) is 3.40. The summed E-state index contributed by atoms with van der Waals surface area (Å²) in [5.41, 5.74) is -0.00491. The Kier molecular flexibility index (Phi) is 3.95. The molecule has 0 amide bonds. The molecule has 0 aliphatic heterocycles. The molecule has 7 heteroatoms. The molecule has 2 aromatic rings. The van der Waals surface area contributed by atoms with Gasteiger partial charge in [-0.05, 0) is 41.4 Å². The quantitative estimate of drug-likeness (QED) is 0.923. The molecule has 1 N–H and O–H groups in total. The second-order valence-electron chi connectivity index (χ2n) is 4.12. The zero-order chi connectivity index (χ0) is 14.8. The van der Waals surface area contributed by atoms with Crippen molar-refractivity contribution in [3.63, 3.8) is 0 Å². The molecule has 20 heavy (non-hydrogen) atoms. The summed E-state index contributed by atoms with van der Waals surface area (Å²) in [5, 5.41) is 15.6. The van der Waals surface area contributed by atoms with Crippen molar-refractivity contribution in [3.05, 3.63) is 45.8 Å². The minimum atomic E-state index is -4.53. The van der Waals surface area contributed by atoms with E-state index in [-0.39, 0.29) is 17.4 Å². The van der Waals surface area contributed by atoms with Crippen LogP contribution in [0.15, 0.2) is 29.0 Å². The van der Waals surface area contributed by atoms with E-state index in [0.29, 0.717) is 0 Å². The SMILES string of the molecule is CC(Nc1nc(C(F)(F)F)ccc1C#N)c1ccsc1. The zero-order valence-corrected chi connectivity index (χ0v) is 11.2. The van der Waals surface area contributed by atoms with Crippen LogP contribution in [-0.2, 0) is 6.18 Å². The van der Waals surface area contributed by atoms with Gasteiger partial charge in [-0.3, -0.25) is 0 Å². The van der Waals surface area contributed by atoms with Crippen molar-refractivity contribution >= 4 is 17.2 Å². The van der Waals surface area contributed by atoms with Gasteiger partial charge in [0.1, 0.15) is 17.6 Å². The average molecular weight is 297 g/mol. The van der Waals surface area contributed by atoms with Crippen LogP contribution in [0, 0.1) is 11.3 Å². The Labute approximate surface area is 117 Å². The Hall–Kier alpha value is -2.07. The van der Waals surface area contributed by atoms with Crippen LogP contribution in [-0.4, -0.2) is 4.98 Å². The molecule has 0 aliphatic rings. The number of aromatic nitrogens is 1. The number of nitrogens with zero attached hydrogens (tertiary/aromatic N) is 2. The number of nitriles is 1. The van der Waals surface area contributed by atoms with Gasteiger partial charge in [0.05, 0.1) is 11.6 Å². The second kappa shape index (κ2) is 5.51. The lowest BCUT2D eigenvalue weighted by molar-refractivity contribution is -0.141. The van der Waals surface area contributed by atoms with Crippen LogP contribution < -0.4 is 5.32 Å². The highest BCUT2D eigenvalue weighted by Gasteiger charge is 2.33. The summed E-state index contributed by atoms with van der Waals surface area (Å²) in [6.07, 6.45) is -4.53. The molecule has 0 aliphatic carbocycles. The van der Waals surface area contributed by atoms with E-state index in [9.17, 15) is 13.2 Å². The summed E-state index contributed by atoms with van der Waals surface area (Å²) in [7, 11) is 0.